The summed E-state index contributed by atoms with van der Waals surface area (Å²) in [5.74, 6) is 6.72. The lowest BCUT2D eigenvalue weighted by Gasteiger charge is -2.41. The molecule has 1 aliphatic heterocycles. The van der Waals surface area contributed by atoms with Gasteiger partial charge in [0.25, 0.3) is 0 Å². The van der Waals surface area contributed by atoms with E-state index in [9.17, 15) is 0 Å². The van der Waals surface area contributed by atoms with Crippen LogP contribution in [0.15, 0.2) is 24.3 Å². The minimum atomic E-state index is 0.124. The van der Waals surface area contributed by atoms with Crippen molar-refractivity contribution in [1.82, 2.24) is 15.2 Å². The molecule has 5 heteroatoms. The number of nitrogens with one attached hydrogen (secondary N) is 1. The fourth-order valence-corrected chi connectivity index (χ4v) is 2.77. The van der Waals surface area contributed by atoms with Gasteiger partial charge in [0.2, 0.25) is 0 Å². The first-order valence-electron chi connectivity index (χ1n) is 7.23. The summed E-state index contributed by atoms with van der Waals surface area (Å²) in [6.07, 6.45) is 0. The average Bonchev–Trinajstić information content (AvgIpc) is 2.45. The van der Waals surface area contributed by atoms with Gasteiger partial charge in [0.15, 0.2) is 0 Å². The number of hydrogen-bond acceptors (Lipinski definition) is 5. The Hall–Kier alpha value is -1.14. The van der Waals surface area contributed by atoms with E-state index in [1.165, 1.54) is 5.56 Å². The molecule has 1 saturated heterocycles. The number of hydrogen-bond donors (Lipinski definition) is 2. The third-order valence-electron chi connectivity index (χ3n) is 4.01. The highest BCUT2D eigenvalue weighted by Gasteiger charge is 2.30. The van der Waals surface area contributed by atoms with Crippen molar-refractivity contribution in [3.63, 3.8) is 0 Å². The van der Waals surface area contributed by atoms with Crippen LogP contribution in [0.3, 0.4) is 0 Å². The molecule has 1 fully saturated rings. The molecule has 0 saturated carbocycles. The smallest absolute Gasteiger partial charge is 0.119 e. The summed E-state index contributed by atoms with van der Waals surface area (Å²) in [6.45, 7) is 5.86. The third kappa shape index (κ3) is 3.49. The molecule has 0 bridgehead atoms. The van der Waals surface area contributed by atoms with Gasteiger partial charge >= 0.3 is 0 Å². The molecule has 2 atom stereocenters. The van der Waals surface area contributed by atoms with E-state index in [1.807, 2.05) is 19.1 Å². The van der Waals surface area contributed by atoms with Gasteiger partial charge in [-0.3, -0.25) is 16.2 Å². The molecule has 0 aliphatic carbocycles. The zero-order valence-electron chi connectivity index (χ0n) is 12.7. The Labute approximate surface area is 121 Å². The number of likely N-dealkylation sites (N-methyl/N-ethyl adjacent to an activating group) is 2. The van der Waals surface area contributed by atoms with Crippen molar-refractivity contribution in [3.8, 4) is 5.75 Å². The Morgan fingerprint density at radius 2 is 2.00 bits per heavy atom. The topological polar surface area (TPSA) is 53.8 Å². The predicted octanol–water partition coefficient (Wildman–Crippen LogP) is 0.836. The summed E-state index contributed by atoms with van der Waals surface area (Å²) < 4.78 is 5.49. The molecule has 5 nitrogen and oxygen atoms in total. The molecule has 1 aliphatic rings. The first-order valence-corrected chi connectivity index (χ1v) is 7.23. The standard InChI is InChI=1S/C15H26N4O/c1-4-20-13-7-5-12(6-8-13)15(17-16)14-11-18(2)9-10-19(14)3/h5-8,14-15,17H,4,9-11,16H2,1-3H3. The van der Waals surface area contributed by atoms with Crippen LogP contribution in [-0.4, -0.2) is 56.2 Å². The van der Waals surface area contributed by atoms with Crippen LogP contribution in [-0.2, 0) is 0 Å². The highest BCUT2D eigenvalue weighted by molar-refractivity contribution is 5.30. The molecule has 20 heavy (non-hydrogen) atoms. The van der Waals surface area contributed by atoms with Crippen LogP contribution in [0.5, 0.6) is 5.75 Å². The molecule has 1 aromatic carbocycles. The Balaban J connectivity index is 2.14. The number of nitrogens with two attached hydrogens (primary N) is 1. The van der Waals surface area contributed by atoms with Crippen molar-refractivity contribution in [2.24, 2.45) is 5.84 Å². The fraction of sp³-hybridized carbons (Fsp3) is 0.600. The normalized spacial score (nSPS) is 22.7. The number of hydrazine groups is 1. The van der Waals surface area contributed by atoms with Gasteiger partial charge in [-0.15, -0.1) is 0 Å². The summed E-state index contributed by atoms with van der Waals surface area (Å²) in [4.78, 5) is 4.73. The molecule has 0 amide bonds. The summed E-state index contributed by atoms with van der Waals surface area (Å²) in [5.41, 5.74) is 4.18. The van der Waals surface area contributed by atoms with E-state index in [0.29, 0.717) is 12.6 Å². The molecule has 0 radical (unpaired) electrons. The highest BCUT2D eigenvalue weighted by atomic mass is 16.5. The number of benzene rings is 1. The van der Waals surface area contributed by atoms with E-state index in [0.717, 1.165) is 25.4 Å². The second kappa shape index (κ2) is 7.04. The molecule has 1 aromatic rings. The van der Waals surface area contributed by atoms with Gasteiger partial charge in [-0.1, -0.05) is 12.1 Å². The molecule has 2 unspecified atom stereocenters. The molecule has 112 valence electrons. The summed E-state index contributed by atoms with van der Waals surface area (Å²) in [7, 11) is 4.32. The molecule has 3 N–H and O–H groups in total. The van der Waals surface area contributed by atoms with Gasteiger partial charge in [-0.05, 0) is 38.7 Å². The molecule has 2 rings (SSSR count). The Morgan fingerprint density at radius 3 is 2.60 bits per heavy atom. The van der Waals surface area contributed by atoms with Gasteiger partial charge in [0.05, 0.1) is 12.6 Å². The Bertz CT molecular complexity index is 409. The number of rotatable bonds is 5. The lowest BCUT2D eigenvalue weighted by Crippen LogP contribution is -2.56. The molecule has 0 aromatic heterocycles. The van der Waals surface area contributed by atoms with E-state index in [1.54, 1.807) is 0 Å². The maximum absolute atomic E-state index is 5.81. The quantitative estimate of drug-likeness (QED) is 0.617. The van der Waals surface area contributed by atoms with E-state index in [-0.39, 0.29) is 6.04 Å². The SMILES string of the molecule is CCOc1ccc(C(NN)C2CN(C)CCN2C)cc1. The van der Waals surface area contributed by atoms with Crippen molar-refractivity contribution in [1.29, 1.82) is 0 Å². The Morgan fingerprint density at radius 1 is 1.30 bits per heavy atom. The van der Waals surface area contributed by atoms with Crippen LogP contribution in [0.1, 0.15) is 18.5 Å². The monoisotopic (exact) mass is 278 g/mol. The fourth-order valence-electron chi connectivity index (χ4n) is 2.77. The minimum Gasteiger partial charge on any atom is -0.494 e. The van der Waals surface area contributed by atoms with Crippen molar-refractivity contribution >= 4 is 0 Å². The van der Waals surface area contributed by atoms with Gasteiger partial charge in [-0.25, -0.2) is 0 Å². The van der Waals surface area contributed by atoms with Crippen LogP contribution in [0.4, 0.5) is 0 Å². The number of ether oxygens (including phenoxy) is 1. The van der Waals surface area contributed by atoms with Crippen LogP contribution >= 0.6 is 0 Å². The van der Waals surface area contributed by atoms with Gasteiger partial charge in [0, 0.05) is 25.7 Å². The van der Waals surface area contributed by atoms with Gasteiger partial charge in [-0.2, -0.15) is 0 Å². The van der Waals surface area contributed by atoms with Crippen molar-refractivity contribution in [3.05, 3.63) is 29.8 Å². The second-order valence-corrected chi connectivity index (χ2v) is 5.46. The number of piperazine rings is 1. The van der Waals surface area contributed by atoms with Gasteiger partial charge < -0.3 is 9.64 Å². The third-order valence-corrected chi connectivity index (χ3v) is 4.01. The zero-order valence-corrected chi connectivity index (χ0v) is 12.7. The molecular weight excluding hydrogens is 252 g/mol. The average molecular weight is 278 g/mol. The second-order valence-electron chi connectivity index (χ2n) is 5.46. The van der Waals surface area contributed by atoms with Crippen LogP contribution in [0, 0.1) is 0 Å². The minimum absolute atomic E-state index is 0.124. The lowest BCUT2D eigenvalue weighted by molar-refractivity contribution is 0.0876. The Kier molecular flexibility index (Phi) is 5.37. The van der Waals surface area contributed by atoms with E-state index in [2.05, 4.69) is 41.5 Å². The number of nitrogens with zero attached hydrogens (tertiary/aromatic N) is 2. The van der Waals surface area contributed by atoms with Gasteiger partial charge in [0.1, 0.15) is 5.75 Å². The molecule has 1 heterocycles. The zero-order chi connectivity index (χ0) is 14.5. The first kappa shape index (κ1) is 15.3. The summed E-state index contributed by atoms with van der Waals surface area (Å²) in [6, 6.07) is 8.71. The van der Waals surface area contributed by atoms with E-state index < -0.39 is 0 Å². The van der Waals surface area contributed by atoms with Crippen molar-refractivity contribution in [2.45, 2.75) is 19.0 Å². The summed E-state index contributed by atoms with van der Waals surface area (Å²) in [5, 5.41) is 0. The van der Waals surface area contributed by atoms with E-state index >= 15 is 0 Å². The highest BCUT2D eigenvalue weighted by Crippen LogP contribution is 2.24. The molecule has 0 spiro atoms. The van der Waals surface area contributed by atoms with Crippen LogP contribution in [0.25, 0.3) is 0 Å². The largest absolute Gasteiger partial charge is 0.494 e. The van der Waals surface area contributed by atoms with Crippen molar-refractivity contribution < 1.29 is 4.74 Å². The molecular formula is C15H26N4O. The summed E-state index contributed by atoms with van der Waals surface area (Å²) >= 11 is 0. The lowest BCUT2D eigenvalue weighted by atomic mass is 9.97. The first-order chi connectivity index (χ1) is 9.65. The maximum Gasteiger partial charge on any atom is 0.119 e. The van der Waals surface area contributed by atoms with Crippen LogP contribution in [0.2, 0.25) is 0 Å². The maximum atomic E-state index is 5.81. The predicted molar refractivity (Wildman–Crippen MR) is 81.6 cm³/mol. The van der Waals surface area contributed by atoms with Crippen molar-refractivity contribution in [2.75, 3.05) is 40.3 Å². The van der Waals surface area contributed by atoms with E-state index in [4.69, 9.17) is 10.6 Å². The van der Waals surface area contributed by atoms with Crippen LogP contribution < -0.4 is 16.0 Å².